The first kappa shape index (κ1) is 16.2. The molecule has 1 heterocycles. The minimum Gasteiger partial charge on any atom is -0.479 e. The Morgan fingerprint density at radius 3 is 2.04 bits per heavy atom. The van der Waals surface area contributed by atoms with Crippen LogP contribution in [-0.4, -0.2) is 24.7 Å². The van der Waals surface area contributed by atoms with E-state index in [9.17, 15) is 0 Å². The van der Waals surface area contributed by atoms with Crippen LogP contribution in [0, 0.1) is 5.92 Å². The molecule has 0 saturated heterocycles. The Hall–Kier alpha value is -1.66. The number of rotatable bonds is 6. The van der Waals surface area contributed by atoms with E-state index in [4.69, 9.17) is 9.73 Å². The van der Waals surface area contributed by atoms with Crippen molar-refractivity contribution in [3.05, 3.63) is 60.7 Å². The largest absolute Gasteiger partial charge is 0.479 e. The molecule has 2 aromatic rings. The maximum absolute atomic E-state index is 5.81. The van der Waals surface area contributed by atoms with E-state index >= 15 is 0 Å². The molecule has 0 aliphatic carbocycles. The summed E-state index contributed by atoms with van der Waals surface area (Å²) in [7, 11) is -0.357. The van der Waals surface area contributed by atoms with E-state index in [1.807, 2.05) is 0 Å². The van der Waals surface area contributed by atoms with Crippen molar-refractivity contribution < 1.29 is 4.74 Å². The minimum atomic E-state index is -0.357. The summed E-state index contributed by atoms with van der Waals surface area (Å²) in [5.41, 5.74) is 0. The number of nitrogens with zero attached hydrogens (tertiary/aromatic N) is 1. The highest BCUT2D eigenvalue weighted by Crippen LogP contribution is 2.34. The van der Waals surface area contributed by atoms with Crippen molar-refractivity contribution in [3.8, 4) is 0 Å². The van der Waals surface area contributed by atoms with E-state index in [0.29, 0.717) is 12.0 Å². The average molecular weight is 325 g/mol. The third-order valence-electron chi connectivity index (χ3n) is 4.19. The lowest BCUT2D eigenvalue weighted by Crippen LogP contribution is -2.15. The van der Waals surface area contributed by atoms with Crippen LogP contribution in [0.2, 0.25) is 0 Å². The lowest BCUT2D eigenvalue weighted by atomic mass is 10.1. The zero-order valence-corrected chi connectivity index (χ0v) is 14.7. The lowest BCUT2D eigenvalue weighted by Gasteiger charge is -2.18. The van der Waals surface area contributed by atoms with Crippen LogP contribution in [0.1, 0.15) is 20.3 Å². The van der Waals surface area contributed by atoms with Gasteiger partial charge in [-0.3, -0.25) is 0 Å². The molecule has 2 aromatic carbocycles. The van der Waals surface area contributed by atoms with Gasteiger partial charge in [-0.1, -0.05) is 74.5 Å². The Morgan fingerprint density at radius 2 is 1.57 bits per heavy atom. The maximum Gasteiger partial charge on any atom is 0.184 e. The minimum absolute atomic E-state index is 0.338. The van der Waals surface area contributed by atoms with Crippen LogP contribution in [0.4, 0.5) is 0 Å². The van der Waals surface area contributed by atoms with Gasteiger partial charge >= 0.3 is 0 Å². The molecule has 0 spiro atoms. The molecule has 0 amide bonds. The van der Waals surface area contributed by atoms with E-state index < -0.39 is 0 Å². The molecule has 1 aliphatic rings. The smallest absolute Gasteiger partial charge is 0.184 e. The summed E-state index contributed by atoms with van der Waals surface area (Å²) < 4.78 is 5.81. The summed E-state index contributed by atoms with van der Waals surface area (Å²) in [5.74, 6) is 1.50. The van der Waals surface area contributed by atoms with Gasteiger partial charge in [0.1, 0.15) is 6.61 Å². The summed E-state index contributed by atoms with van der Waals surface area (Å²) >= 11 is 0. The fourth-order valence-corrected chi connectivity index (χ4v) is 5.04. The Kier molecular flexibility index (Phi) is 5.46. The SMILES string of the molecule is CC(C)[C@H]1COC(CCP(c2ccccc2)c2ccccc2)=N1. The Balaban J connectivity index is 1.74. The monoisotopic (exact) mass is 325 g/mol. The van der Waals surface area contributed by atoms with E-state index in [1.165, 1.54) is 10.6 Å². The zero-order valence-electron chi connectivity index (χ0n) is 13.9. The van der Waals surface area contributed by atoms with Gasteiger partial charge in [0.2, 0.25) is 0 Å². The zero-order chi connectivity index (χ0) is 16.1. The molecule has 23 heavy (non-hydrogen) atoms. The molecule has 3 heteroatoms. The fraction of sp³-hybridized carbons (Fsp3) is 0.350. The van der Waals surface area contributed by atoms with Gasteiger partial charge in [-0.2, -0.15) is 0 Å². The van der Waals surface area contributed by atoms with Gasteiger partial charge in [0, 0.05) is 6.42 Å². The van der Waals surface area contributed by atoms with Gasteiger partial charge in [0.15, 0.2) is 5.90 Å². The Bertz CT molecular complexity index is 600. The van der Waals surface area contributed by atoms with Crippen molar-refractivity contribution in [2.75, 3.05) is 12.8 Å². The van der Waals surface area contributed by atoms with Crippen molar-refractivity contribution in [2.24, 2.45) is 10.9 Å². The highest BCUT2D eigenvalue weighted by atomic mass is 31.1. The van der Waals surface area contributed by atoms with Gasteiger partial charge in [0.05, 0.1) is 6.04 Å². The van der Waals surface area contributed by atoms with Crippen molar-refractivity contribution in [3.63, 3.8) is 0 Å². The first-order valence-electron chi connectivity index (χ1n) is 8.31. The molecular weight excluding hydrogens is 301 g/mol. The van der Waals surface area contributed by atoms with E-state index in [0.717, 1.165) is 25.1 Å². The summed E-state index contributed by atoms with van der Waals surface area (Å²) in [4.78, 5) is 4.75. The molecule has 0 unspecified atom stereocenters. The van der Waals surface area contributed by atoms with Crippen LogP contribution < -0.4 is 10.6 Å². The van der Waals surface area contributed by atoms with Crippen molar-refractivity contribution in [2.45, 2.75) is 26.3 Å². The second-order valence-corrected chi connectivity index (χ2v) is 8.55. The number of ether oxygens (including phenoxy) is 1. The number of hydrogen-bond acceptors (Lipinski definition) is 2. The molecule has 0 radical (unpaired) electrons. The predicted molar refractivity (Wildman–Crippen MR) is 101 cm³/mol. The van der Waals surface area contributed by atoms with Crippen LogP contribution in [0.5, 0.6) is 0 Å². The quantitative estimate of drug-likeness (QED) is 0.737. The topological polar surface area (TPSA) is 21.6 Å². The average Bonchev–Trinajstić information content (AvgIpc) is 3.06. The summed E-state index contributed by atoms with van der Waals surface area (Å²) in [6.45, 7) is 5.17. The van der Waals surface area contributed by atoms with Crippen molar-refractivity contribution in [1.29, 1.82) is 0 Å². The van der Waals surface area contributed by atoms with E-state index in [1.54, 1.807) is 0 Å². The maximum atomic E-state index is 5.81. The second-order valence-electron chi connectivity index (χ2n) is 6.22. The molecular formula is C20H24NOP. The van der Waals surface area contributed by atoms with E-state index in [-0.39, 0.29) is 7.92 Å². The molecule has 0 aromatic heterocycles. The molecule has 120 valence electrons. The normalized spacial score (nSPS) is 17.4. The van der Waals surface area contributed by atoms with Gasteiger partial charge in [-0.15, -0.1) is 0 Å². The molecule has 0 saturated carbocycles. The highest BCUT2D eigenvalue weighted by molar-refractivity contribution is 7.73. The summed E-state index contributed by atoms with van der Waals surface area (Å²) in [6, 6.07) is 22.0. The first-order chi connectivity index (χ1) is 11.2. The highest BCUT2D eigenvalue weighted by Gasteiger charge is 2.23. The molecule has 1 aliphatic heterocycles. The third-order valence-corrected chi connectivity index (χ3v) is 6.70. The molecule has 0 fully saturated rings. The van der Waals surface area contributed by atoms with E-state index in [2.05, 4.69) is 74.5 Å². The number of hydrogen-bond donors (Lipinski definition) is 0. The summed E-state index contributed by atoms with van der Waals surface area (Å²) in [5, 5.41) is 2.85. The van der Waals surface area contributed by atoms with Crippen LogP contribution in [-0.2, 0) is 4.74 Å². The Labute approximate surface area is 140 Å². The van der Waals surface area contributed by atoms with Crippen LogP contribution >= 0.6 is 7.92 Å². The van der Waals surface area contributed by atoms with Gasteiger partial charge in [-0.25, -0.2) is 4.99 Å². The summed E-state index contributed by atoms with van der Waals surface area (Å²) in [6.07, 6.45) is 2.02. The van der Waals surface area contributed by atoms with Crippen molar-refractivity contribution >= 4 is 24.4 Å². The lowest BCUT2D eigenvalue weighted by molar-refractivity contribution is 0.287. The van der Waals surface area contributed by atoms with Crippen molar-refractivity contribution in [1.82, 2.24) is 0 Å². The van der Waals surface area contributed by atoms with Crippen LogP contribution in [0.15, 0.2) is 65.7 Å². The van der Waals surface area contributed by atoms with Gasteiger partial charge in [-0.05, 0) is 30.6 Å². The molecule has 3 rings (SSSR count). The molecule has 0 bridgehead atoms. The number of aliphatic imine (C=N–C) groups is 1. The Morgan fingerprint density at radius 1 is 1.00 bits per heavy atom. The van der Waals surface area contributed by atoms with Crippen LogP contribution in [0.25, 0.3) is 0 Å². The molecule has 0 N–H and O–H groups in total. The first-order valence-corrected chi connectivity index (χ1v) is 9.84. The van der Waals surface area contributed by atoms with Gasteiger partial charge < -0.3 is 4.74 Å². The van der Waals surface area contributed by atoms with Gasteiger partial charge in [0.25, 0.3) is 0 Å². The van der Waals surface area contributed by atoms with Crippen LogP contribution in [0.3, 0.4) is 0 Å². The predicted octanol–water partition coefficient (Wildman–Crippen LogP) is 3.96. The second kappa shape index (κ2) is 7.75. The standard InChI is InChI=1S/C20H24NOP/c1-16(2)19-15-22-20(21-19)13-14-23(17-9-5-3-6-10-17)18-11-7-4-8-12-18/h3-12,16,19H,13-15H2,1-2H3/t19-/m1/s1. The fourth-order valence-electron chi connectivity index (χ4n) is 2.75. The third kappa shape index (κ3) is 4.20. The molecule has 1 atom stereocenters. The number of benzene rings is 2. The molecule has 2 nitrogen and oxygen atoms in total.